The van der Waals surface area contributed by atoms with E-state index in [-0.39, 0.29) is 6.85 Å². The summed E-state index contributed by atoms with van der Waals surface area (Å²) in [4.78, 5) is 0. The van der Waals surface area contributed by atoms with Crippen LogP contribution in [0.1, 0.15) is 94.6 Å². The Morgan fingerprint density at radius 3 is 1.37 bits per heavy atom. The molecule has 8 aromatic rings. The van der Waals surface area contributed by atoms with Crippen molar-refractivity contribution in [3.63, 3.8) is 0 Å². The highest BCUT2D eigenvalue weighted by atomic mass is 15.0. The number of rotatable bonds is 0. The van der Waals surface area contributed by atoms with Crippen LogP contribution in [0.25, 0.3) is 71.2 Å². The van der Waals surface area contributed by atoms with E-state index in [4.69, 9.17) is 0 Å². The number of benzene rings is 6. The van der Waals surface area contributed by atoms with Crippen LogP contribution in [0, 0.1) is 118 Å². The minimum absolute atomic E-state index is 0.0374. The number of aryl methyl sites for hydroxylation is 7. The fourth-order valence-corrected chi connectivity index (χ4v) is 11.6. The van der Waals surface area contributed by atoms with Crippen molar-refractivity contribution >= 4 is 72.2 Å². The minimum Gasteiger partial charge on any atom is -0.375 e. The van der Waals surface area contributed by atoms with Gasteiger partial charge in [-0.05, 0) is 240 Å². The number of fused-ring (bicyclic) bond motifs is 14. The Balaban J connectivity index is 1.68. The summed E-state index contributed by atoms with van der Waals surface area (Å²) < 4.78 is 5.66. The molecule has 0 fully saturated rings. The van der Waals surface area contributed by atoms with E-state index in [1.54, 1.807) is 0 Å². The Kier molecular flexibility index (Phi) is 6.45. The van der Waals surface area contributed by atoms with Crippen LogP contribution < -0.4 is 10.9 Å². The van der Waals surface area contributed by atoms with Crippen LogP contribution in [0.3, 0.4) is 0 Å². The molecule has 0 N–H and O–H groups in total. The van der Waals surface area contributed by atoms with Crippen molar-refractivity contribution in [2.75, 3.05) is 0 Å². The van der Waals surface area contributed by atoms with Crippen molar-refractivity contribution in [1.82, 2.24) is 9.05 Å². The molecule has 2 nitrogen and oxygen atoms in total. The highest BCUT2D eigenvalue weighted by Crippen LogP contribution is 2.53. The zero-order chi connectivity index (χ0) is 38.6. The van der Waals surface area contributed by atoms with E-state index < -0.39 is 0 Å². The van der Waals surface area contributed by atoms with Crippen molar-refractivity contribution < 1.29 is 0 Å². The van der Waals surface area contributed by atoms with Gasteiger partial charge in [-0.3, -0.25) is 0 Å². The summed E-state index contributed by atoms with van der Waals surface area (Å²) in [7, 11) is 0. The normalized spacial score (nSPS) is 13.2. The van der Waals surface area contributed by atoms with Gasteiger partial charge in [0, 0.05) is 43.8 Å². The van der Waals surface area contributed by atoms with Gasteiger partial charge in [-0.2, -0.15) is 0 Å². The molecule has 2 aromatic heterocycles. The third kappa shape index (κ3) is 3.45. The molecule has 0 bridgehead atoms. The van der Waals surface area contributed by atoms with Gasteiger partial charge < -0.3 is 9.05 Å². The van der Waals surface area contributed by atoms with Gasteiger partial charge in [0.15, 0.2) is 0 Å². The number of nitrogens with zero attached hydrogens (tertiary/aromatic N) is 2. The Morgan fingerprint density at radius 2 is 0.778 bits per heavy atom. The van der Waals surface area contributed by atoms with Crippen LogP contribution in [0.4, 0.5) is 0 Å². The zero-order valence-corrected chi connectivity index (χ0v) is 35.6. The molecule has 0 saturated heterocycles. The SMILES string of the molecule is Cc1cc2c3c4c5c(c2cc1C)c1c(C)c(C)c(C)c(C)c1n5-c1c(C)c(C)c(C)c(C)c1B4n1c2c(C)c(C)c(C)c(C)c2c2c(C)c(C)c(C)c-3c21. The molecule has 54 heavy (non-hydrogen) atoms. The highest BCUT2D eigenvalue weighted by Gasteiger charge is 2.46. The molecule has 4 heterocycles. The maximum absolute atomic E-state index is 2.88. The standard InChI is InChI=1S/C51H53BN2/c1-20-18-37-38(19-21(20)2)44-42-30(11)22(3)25(6)34(15)47(42)53-49-36(17)27(8)24(5)33(14)45(49)52-46(51(44)53)43(37)41-32(13)28(9)31(12)40-39-29(10)23(4)26(7)35(16)48(39)54(52)50(40)41/h18-19H,1-17H3. The van der Waals surface area contributed by atoms with Gasteiger partial charge in [-0.25, -0.2) is 0 Å². The average Bonchev–Trinajstić information content (AvgIpc) is 3.69. The number of aromatic nitrogens is 2. The van der Waals surface area contributed by atoms with Crippen LogP contribution in [0.2, 0.25) is 0 Å². The van der Waals surface area contributed by atoms with Gasteiger partial charge in [-0.1, -0.05) is 12.1 Å². The topological polar surface area (TPSA) is 9.86 Å². The predicted octanol–water partition coefficient (Wildman–Crippen LogP) is 12.2. The molecular formula is C51H53BN2. The Morgan fingerprint density at radius 1 is 0.333 bits per heavy atom. The second-order valence-corrected chi connectivity index (χ2v) is 17.8. The van der Waals surface area contributed by atoms with Gasteiger partial charge in [0.1, 0.15) is 0 Å². The lowest BCUT2D eigenvalue weighted by Gasteiger charge is -2.38. The lowest BCUT2D eigenvalue weighted by molar-refractivity contribution is 1.09. The largest absolute Gasteiger partial charge is 0.375 e. The summed E-state index contributed by atoms with van der Waals surface area (Å²) in [6.07, 6.45) is 0. The minimum atomic E-state index is 0.0374. The van der Waals surface area contributed by atoms with E-state index in [2.05, 4.69) is 139 Å². The first-order valence-electron chi connectivity index (χ1n) is 20.1. The molecule has 0 unspecified atom stereocenters. The molecule has 0 radical (unpaired) electrons. The molecule has 270 valence electrons. The molecule has 6 aromatic carbocycles. The molecule has 0 saturated carbocycles. The van der Waals surface area contributed by atoms with E-state index in [1.165, 1.54) is 177 Å². The molecule has 0 aliphatic carbocycles. The second kappa shape index (κ2) is 10.3. The monoisotopic (exact) mass is 704 g/mol. The van der Waals surface area contributed by atoms with E-state index in [1.807, 2.05) is 0 Å². The van der Waals surface area contributed by atoms with E-state index in [9.17, 15) is 0 Å². The first-order chi connectivity index (χ1) is 25.4. The van der Waals surface area contributed by atoms with Crippen LogP contribution in [-0.4, -0.2) is 15.9 Å². The number of hydrogen-bond donors (Lipinski definition) is 0. The molecule has 2 aliphatic heterocycles. The van der Waals surface area contributed by atoms with Crippen LogP contribution in [0.5, 0.6) is 0 Å². The van der Waals surface area contributed by atoms with Crippen molar-refractivity contribution in [1.29, 1.82) is 0 Å². The van der Waals surface area contributed by atoms with Gasteiger partial charge in [0.25, 0.3) is 0 Å². The average molecular weight is 705 g/mol. The molecule has 2 aliphatic rings. The summed E-state index contributed by atoms with van der Waals surface area (Å²) >= 11 is 0. The summed E-state index contributed by atoms with van der Waals surface area (Å²) in [5.41, 5.74) is 37.0. The fraction of sp³-hybridized carbons (Fsp3) is 0.333. The predicted molar refractivity (Wildman–Crippen MR) is 238 cm³/mol. The van der Waals surface area contributed by atoms with Crippen molar-refractivity contribution in [2.45, 2.75) is 118 Å². The number of hydrogen-bond acceptors (Lipinski definition) is 0. The molecular weight excluding hydrogens is 651 g/mol. The van der Waals surface area contributed by atoms with Crippen molar-refractivity contribution in [3.8, 4) is 16.8 Å². The summed E-state index contributed by atoms with van der Waals surface area (Å²) in [6.45, 7) is 40.4. The third-order valence-electron chi connectivity index (χ3n) is 16.0. The van der Waals surface area contributed by atoms with Crippen molar-refractivity contribution in [2.24, 2.45) is 0 Å². The molecule has 10 rings (SSSR count). The second-order valence-electron chi connectivity index (χ2n) is 17.8. The van der Waals surface area contributed by atoms with Crippen LogP contribution in [0.15, 0.2) is 12.1 Å². The van der Waals surface area contributed by atoms with E-state index in [0.717, 1.165) is 0 Å². The molecule has 0 atom stereocenters. The fourth-order valence-electron chi connectivity index (χ4n) is 11.6. The Bertz CT molecular complexity index is 3210. The zero-order valence-electron chi connectivity index (χ0n) is 35.6. The lowest BCUT2D eigenvalue weighted by atomic mass is 9.43. The first-order valence-corrected chi connectivity index (χ1v) is 20.1. The summed E-state index contributed by atoms with van der Waals surface area (Å²) in [6, 6.07) is 5.09. The quantitative estimate of drug-likeness (QED) is 0.139. The van der Waals surface area contributed by atoms with Gasteiger partial charge >= 0.3 is 6.85 Å². The van der Waals surface area contributed by atoms with Gasteiger partial charge in [-0.15, -0.1) is 0 Å². The van der Waals surface area contributed by atoms with Gasteiger partial charge in [0.05, 0.1) is 11.0 Å². The maximum Gasteiger partial charge on any atom is 0.333 e. The van der Waals surface area contributed by atoms with Crippen LogP contribution in [-0.2, 0) is 0 Å². The maximum atomic E-state index is 2.88. The molecule has 0 amide bonds. The first kappa shape index (κ1) is 33.8. The van der Waals surface area contributed by atoms with Gasteiger partial charge in [0.2, 0.25) is 0 Å². The third-order valence-corrected chi connectivity index (χ3v) is 16.0. The highest BCUT2D eigenvalue weighted by molar-refractivity contribution is 6.91. The van der Waals surface area contributed by atoms with E-state index in [0.29, 0.717) is 0 Å². The van der Waals surface area contributed by atoms with E-state index >= 15 is 0 Å². The summed E-state index contributed by atoms with van der Waals surface area (Å²) in [5, 5.41) is 8.60. The van der Waals surface area contributed by atoms with Crippen molar-refractivity contribution in [3.05, 3.63) is 107 Å². The lowest BCUT2D eigenvalue weighted by Crippen LogP contribution is -2.57. The molecule has 3 heteroatoms. The Hall–Kier alpha value is -4.76. The smallest absolute Gasteiger partial charge is 0.333 e. The molecule has 0 spiro atoms. The van der Waals surface area contributed by atoms with Crippen LogP contribution >= 0.6 is 0 Å². The summed E-state index contributed by atoms with van der Waals surface area (Å²) in [5.74, 6) is 0. The Labute approximate surface area is 321 Å².